The van der Waals surface area contributed by atoms with Crippen molar-refractivity contribution in [3.8, 4) is 5.95 Å². The Morgan fingerprint density at radius 1 is 1.21 bits per heavy atom. The minimum Gasteiger partial charge on any atom is -0.383 e. The molecule has 1 aliphatic heterocycles. The van der Waals surface area contributed by atoms with Crippen molar-refractivity contribution in [2.75, 3.05) is 11.1 Å². The number of nitrogens with one attached hydrogen (secondary N) is 1. The van der Waals surface area contributed by atoms with E-state index in [0.29, 0.717) is 21.8 Å². The Bertz CT molecular complexity index is 1070. The second-order valence-electron chi connectivity index (χ2n) is 7.06. The molecule has 150 valence electrons. The van der Waals surface area contributed by atoms with E-state index >= 15 is 0 Å². The van der Waals surface area contributed by atoms with Crippen LogP contribution in [0.1, 0.15) is 45.4 Å². The molecule has 0 fully saturated rings. The fraction of sp³-hybridized carbons (Fsp3) is 0.444. The number of hydrogen-bond acceptors (Lipinski definition) is 5. The molecule has 0 aliphatic carbocycles. The summed E-state index contributed by atoms with van der Waals surface area (Å²) < 4.78 is 39.4. The van der Waals surface area contributed by atoms with Gasteiger partial charge in [-0.15, -0.1) is 0 Å². The number of hydrogen-bond donors (Lipinski definition) is 2. The van der Waals surface area contributed by atoms with E-state index in [4.69, 9.17) is 5.73 Å². The number of alkyl halides is 3. The summed E-state index contributed by atoms with van der Waals surface area (Å²) in [7, 11) is 0. The molecular formula is C18H21F3N6O. The first-order chi connectivity index (χ1) is 13.0. The molecule has 0 saturated heterocycles. The van der Waals surface area contributed by atoms with Crippen molar-refractivity contribution >= 4 is 29.7 Å². The number of nitrogen functional groups attached to an aromatic ring is 1. The average molecular weight is 394 g/mol. The van der Waals surface area contributed by atoms with Crippen LogP contribution in [0.3, 0.4) is 0 Å². The van der Waals surface area contributed by atoms with Crippen LogP contribution in [0.25, 0.3) is 18.1 Å². The van der Waals surface area contributed by atoms with E-state index in [1.54, 1.807) is 39.8 Å². The number of fused-ring (bicyclic) bond motifs is 1. The van der Waals surface area contributed by atoms with Crippen molar-refractivity contribution in [1.82, 2.24) is 19.7 Å². The second-order valence-corrected chi connectivity index (χ2v) is 7.06. The smallest absolute Gasteiger partial charge is 0.383 e. The molecular weight excluding hydrogens is 373 g/mol. The third-order valence-corrected chi connectivity index (χ3v) is 4.78. The average Bonchev–Trinajstić information content (AvgIpc) is 3.06. The maximum atomic E-state index is 12.7. The topological polar surface area (TPSA) is 98.7 Å². The lowest BCUT2D eigenvalue weighted by Gasteiger charge is -2.16. The zero-order valence-corrected chi connectivity index (χ0v) is 16.0. The van der Waals surface area contributed by atoms with Gasteiger partial charge in [0, 0.05) is 18.1 Å². The van der Waals surface area contributed by atoms with Crippen LogP contribution in [0.4, 0.5) is 24.8 Å². The maximum Gasteiger partial charge on any atom is 0.389 e. The molecule has 10 heteroatoms. The Hall–Kier alpha value is -2.91. The third-order valence-electron chi connectivity index (χ3n) is 4.78. The first-order valence-electron chi connectivity index (χ1n) is 8.76. The van der Waals surface area contributed by atoms with Crippen LogP contribution >= 0.6 is 0 Å². The Kier molecular flexibility index (Phi) is 4.68. The van der Waals surface area contributed by atoms with Crippen molar-refractivity contribution in [1.29, 1.82) is 0 Å². The monoisotopic (exact) mass is 394 g/mol. The van der Waals surface area contributed by atoms with E-state index in [9.17, 15) is 18.0 Å². The van der Waals surface area contributed by atoms with Gasteiger partial charge in [-0.25, -0.2) is 0 Å². The van der Waals surface area contributed by atoms with Crippen LogP contribution in [0.5, 0.6) is 0 Å². The van der Waals surface area contributed by atoms with Gasteiger partial charge in [0.05, 0.1) is 22.0 Å². The van der Waals surface area contributed by atoms with Crippen molar-refractivity contribution in [3.63, 3.8) is 0 Å². The molecule has 0 aromatic carbocycles. The van der Waals surface area contributed by atoms with Gasteiger partial charge in [-0.2, -0.15) is 32.9 Å². The molecule has 2 aromatic heterocycles. The zero-order valence-electron chi connectivity index (χ0n) is 16.0. The number of halogens is 3. The molecule has 3 rings (SSSR count). The molecule has 3 heterocycles. The molecule has 3 N–H and O–H groups in total. The summed E-state index contributed by atoms with van der Waals surface area (Å²) in [5.41, 5.74) is 6.00. The van der Waals surface area contributed by atoms with Crippen LogP contribution in [0.15, 0.2) is 0 Å². The number of aryl methyl sites for hydroxylation is 1. The van der Waals surface area contributed by atoms with Crippen LogP contribution in [0.2, 0.25) is 0 Å². The van der Waals surface area contributed by atoms with Crippen molar-refractivity contribution in [3.05, 3.63) is 21.8 Å². The number of carbonyl (C=O) groups is 1. The van der Waals surface area contributed by atoms with E-state index in [-0.39, 0.29) is 29.9 Å². The van der Waals surface area contributed by atoms with E-state index in [0.717, 1.165) is 0 Å². The number of nitrogens with two attached hydrogens (primary N) is 1. The molecule has 0 spiro atoms. The predicted molar refractivity (Wildman–Crippen MR) is 99.1 cm³/mol. The molecule has 0 unspecified atom stereocenters. The number of nitrogens with zero attached hydrogens (tertiary/aromatic N) is 4. The standard InChI is InChI=1S/C18H21F3N6O/c1-5-9-10(7-8-18(19,20)21)26-27(11(9)6-2)16-23-13(22)12-14(25-16)24-15(28)17(12,3)4/h5-6H,7-8H2,1-4H3,(H3,22,23,24,25,28)/b9-5-,11-6+. The van der Waals surface area contributed by atoms with Crippen LogP contribution in [-0.2, 0) is 16.6 Å². The lowest BCUT2D eigenvalue weighted by Crippen LogP contribution is -2.31. The van der Waals surface area contributed by atoms with Crippen molar-refractivity contribution in [2.24, 2.45) is 0 Å². The molecule has 7 nitrogen and oxygen atoms in total. The second kappa shape index (κ2) is 6.61. The zero-order chi connectivity index (χ0) is 20.9. The molecule has 0 atom stereocenters. The highest BCUT2D eigenvalue weighted by atomic mass is 19.4. The van der Waals surface area contributed by atoms with E-state index in [1.165, 1.54) is 4.68 Å². The van der Waals surface area contributed by atoms with Crippen LogP contribution in [-0.4, -0.2) is 31.8 Å². The van der Waals surface area contributed by atoms with Gasteiger partial charge in [0.15, 0.2) is 0 Å². The molecule has 1 amide bonds. The van der Waals surface area contributed by atoms with Gasteiger partial charge < -0.3 is 11.1 Å². The maximum absolute atomic E-state index is 12.7. The van der Waals surface area contributed by atoms with E-state index < -0.39 is 18.0 Å². The Balaban J connectivity index is 2.16. The number of carbonyl (C=O) groups excluding carboxylic acids is 1. The number of rotatable bonds is 3. The Labute approximate surface area is 159 Å². The quantitative estimate of drug-likeness (QED) is 0.823. The first-order valence-corrected chi connectivity index (χ1v) is 8.76. The van der Waals surface area contributed by atoms with Gasteiger partial charge in [-0.3, -0.25) is 4.79 Å². The van der Waals surface area contributed by atoms with Gasteiger partial charge >= 0.3 is 6.18 Å². The van der Waals surface area contributed by atoms with Crippen LogP contribution < -0.4 is 21.6 Å². The summed E-state index contributed by atoms with van der Waals surface area (Å²) in [6, 6.07) is 0. The Morgan fingerprint density at radius 3 is 2.46 bits per heavy atom. The lowest BCUT2D eigenvalue weighted by molar-refractivity contribution is -0.134. The highest BCUT2D eigenvalue weighted by Gasteiger charge is 2.42. The van der Waals surface area contributed by atoms with Crippen molar-refractivity contribution < 1.29 is 18.0 Å². The van der Waals surface area contributed by atoms with Gasteiger partial charge in [0.1, 0.15) is 11.6 Å². The fourth-order valence-corrected chi connectivity index (χ4v) is 3.32. The van der Waals surface area contributed by atoms with E-state index in [2.05, 4.69) is 20.4 Å². The fourth-order valence-electron chi connectivity index (χ4n) is 3.32. The summed E-state index contributed by atoms with van der Waals surface area (Å²) in [5.74, 6) is 0.245. The van der Waals surface area contributed by atoms with Crippen molar-refractivity contribution in [2.45, 2.75) is 52.1 Å². The molecule has 0 bridgehead atoms. The van der Waals surface area contributed by atoms with Crippen LogP contribution in [0, 0.1) is 0 Å². The number of anilines is 2. The molecule has 0 saturated carbocycles. The SMILES string of the molecule is C/C=c1/c(CCC(F)(F)F)nn(-c2nc(N)c3c(n2)NC(=O)C3(C)C)/c1=C/C. The Morgan fingerprint density at radius 2 is 1.89 bits per heavy atom. The molecule has 28 heavy (non-hydrogen) atoms. The summed E-state index contributed by atoms with van der Waals surface area (Å²) in [6.45, 7) is 6.90. The summed E-state index contributed by atoms with van der Waals surface area (Å²) >= 11 is 0. The molecule has 1 aliphatic rings. The summed E-state index contributed by atoms with van der Waals surface area (Å²) in [4.78, 5) is 20.8. The highest BCUT2D eigenvalue weighted by Crippen LogP contribution is 2.39. The molecule has 0 radical (unpaired) electrons. The van der Waals surface area contributed by atoms with E-state index in [1.807, 2.05) is 0 Å². The lowest BCUT2D eigenvalue weighted by atomic mass is 9.87. The van der Waals surface area contributed by atoms with Gasteiger partial charge in [-0.1, -0.05) is 12.2 Å². The highest BCUT2D eigenvalue weighted by molar-refractivity contribution is 6.06. The minimum atomic E-state index is -4.28. The summed E-state index contributed by atoms with van der Waals surface area (Å²) in [5, 5.41) is 8.13. The summed E-state index contributed by atoms with van der Waals surface area (Å²) in [6.07, 6.45) is -2.11. The third kappa shape index (κ3) is 3.23. The van der Waals surface area contributed by atoms with Gasteiger partial charge in [0.25, 0.3) is 5.95 Å². The normalized spacial score (nSPS) is 17.2. The van der Waals surface area contributed by atoms with Gasteiger partial charge in [0.2, 0.25) is 5.91 Å². The first kappa shape index (κ1) is 19.8. The largest absolute Gasteiger partial charge is 0.389 e. The molecule has 2 aromatic rings. The predicted octanol–water partition coefficient (Wildman–Crippen LogP) is 1.57. The van der Waals surface area contributed by atoms with Gasteiger partial charge in [-0.05, 0) is 27.7 Å². The number of aromatic nitrogens is 4. The minimum absolute atomic E-state index is 0.0868. The number of amides is 1.